The molecule has 0 fully saturated rings. The van der Waals surface area contributed by atoms with Crippen LogP contribution >= 0.6 is 0 Å². The molecule has 10 heteroatoms. The predicted molar refractivity (Wildman–Crippen MR) is 90.6 cm³/mol. The van der Waals surface area contributed by atoms with E-state index in [4.69, 9.17) is 0 Å². The highest BCUT2D eigenvalue weighted by Gasteiger charge is 2.28. The lowest BCUT2D eigenvalue weighted by molar-refractivity contribution is -0.156. The quantitative estimate of drug-likeness (QED) is 0.547. The molecule has 0 aromatic rings. The van der Waals surface area contributed by atoms with E-state index >= 15 is 0 Å². The van der Waals surface area contributed by atoms with Crippen LogP contribution in [0.25, 0.3) is 0 Å². The molecule has 1 aliphatic rings. The van der Waals surface area contributed by atoms with Crippen LogP contribution < -0.4 is 5.32 Å². The lowest BCUT2D eigenvalue weighted by Crippen LogP contribution is -2.40. The predicted octanol–water partition coefficient (Wildman–Crippen LogP) is 2.39. The summed E-state index contributed by atoms with van der Waals surface area (Å²) in [5, 5.41) is 7.89. The molecule has 0 atom stereocenters. The van der Waals surface area contributed by atoms with Gasteiger partial charge in [-0.1, -0.05) is 6.92 Å². The van der Waals surface area contributed by atoms with E-state index in [1.165, 1.54) is 13.1 Å². The van der Waals surface area contributed by atoms with Gasteiger partial charge in [0, 0.05) is 32.5 Å². The van der Waals surface area contributed by atoms with Gasteiger partial charge in [-0.25, -0.2) is 10.0 Å². The average molecular weight is 376 g/mol. The number of carbonyl (C=O) groups excluding carboxylic acids is 2. The zero-order valence-corrected chi connectivity index (χ0v) is 15.0. The second kappa shape index (κ2) is 9.93. The Kier molecular flexibility index (Phi) is 8.27. The summed E-state index contributed by atoms with van der Waals surface area (Å²) >= 11 is 0. The molecule has 0 radical (unpaired) electrons. The van der Waals surface area contributed by atoms with Crippen LogP contribution in [0.15, 0.2) is 21.9 Å². The van der Waals surface area contributed by atoms with Crippen molar-refractivity contribution in [3.05, 3.63) is 11.8 Å². The number of hydrogen-bond acceptors (Lipinski definition) is 5. The number of hydrogen-bond donors (Lipinski definition) is 1. The minimum Gasteiger partial charge on any atom is -0.471 e. The molecule has 7 nitrogen and oxygen atoms in total. The number of halogens is 3. The maximum absolute atomic E-state index is 12.1. The first-order valence-corrected chi connectivity index (χ1v) is 8.24. The summed E-state index contributed by atoms with van der Waals surface area (Å²) in [4.78, 5) is 27.4. The van der Waals surface area contributed by atoms with Gasteiger partial charge in [-0.15, -0.1) is 0 Å². The van der Waals surface area contributed by atoms with Crippen molar-refractivity contribution in [1.29, 1.82) is 0 Å². The Balaban J connectivity index is 2.86. The molecular formula is C16H23F3N4O3. The van der Waals surface area contributed by atoms with Gasteiger partial charge in [-0.2, -0.15) is 18.3 Å². The summed E-state index contributed by atoms with van der Waals surface area (Å²) in [7, 11) is 0. The number of likely N-dealkylation sites (N-methyl/N-ethyl adjacent to an activating group) is 1. The van der Waals surface area contributed by atoms with Crippen LogP contribution in [0.2, 0.25) is 0 Å². The molecular weight excluding hydrogens is 353 g/mol. The van der Waals surface area contributed by atoms with E-state index in [1.807, 2.05) is 6.92 Å². The Morgan fingerprint density at radius 1 is 1.38 bits per heavy atom. The lowest BCUT2D eigenvalue weighted by Gasteiger charge is -2.23. The first-order valence-electron chi connectivity index (χ1n) is 8.24. The van der Waals surface area contributed by atoms with E-state index in [1.54, 1.807) is 6.92 Å². The third kappa shape index (κ3) is 7.66. The topological polar surface area (TPSA) is 83.4 Å². The van der Waals surface area contributed by atoms with E-state index in [2.05, 4.69) is 20.1 Å². The maximum Gasteiger partial charge on any atom is 0.422 e. The molecule has 0 spiro atoms. The van der Waals surface area contributed by atoms with Gasteiger partial charge in [-0.05, 0) is 18.9 Å². The highest BCUT2D eigenvalue weighted by Crippen LogP contribution is 2.17. The fourth-order valence-corrected chi connectivity index (χ4v) is 2.11. The van der Waals surface area contributed by atoms with E-state index in [-0.39, 0.29) is 30.7 Å². The highest BCUT2D eigenvalue weighted by molar-refractivity contribution is 6.04. The number of allylic oxidation sites excluding steroid dienone is 1. The minimum absolute atomic E-state index is 0.125. The summed E-state index contributed by atoms with van der Waals surface area (Å²) in [5.74, 6) is -0.703. The minimum atomic E-state index is -4.43. The first kappa shape index (κ1) is 21.7. The Morgan fingerprint density at radius 2 is 2.08 bits per heavy atom. The number of carbonyl (C=O) groups is 2. The molecule has 2 amide bonds. The van der Waals surface area contributed by atoms with Crippen molar-refractivity contribution in [3.63, 3.8) is 0 Å². The normalized spacial score (nSPS) is 16.5. The lowest BCUT2D eigenvalue weighted by atomic mass is 10.0. The number of nitrogens with one attached hydrogen (secondary N) is 1. The largest absolute Gasteiger partial charge is 0.471 e. The number of hydrazone groups is 1. The molecule has 0 bridgehead atoms. The number of rotatable bonds is 7. The molecule has 146 valence electrons. The van der Waals surface area contributed by atoms with Crippen LogP contribution in [-0.4, -0.2) is 54.3 Å². The van der Waals surface area contributed by atoms with Crippen LogP contribution in [0.5, 0.6) is 0 Å². The second-order valence-electron chi connectivity index (χ2n) is 5.51. The third-order valence-corrected chi connectivity index (χ3v) is 3.37. The zero-order chi connectivity index (χ0) is 19.7. The fourth-order valence-electron chi connectivity index (χ4n) is 2.11. The van der Waals surface area contributed by atoms with Gasteiger partial charge in [0.1, 0.15) is 6.54 Å². The molecule has 1 aliphatic heterocycles. The van der Waals surface area contributed by atoms with Crippen molar-refractivity contribution in [2.24, 2.45) is 10.1 Å². The SMILES string of the molecule is CCNC(=O)CN1N=C(/C(=C/N=C(\C)OCC(F)(F)F)CC)CCC1=O. The molecule has 0 unspecified atom stereocenters. The molecule has 0 aromatic heterocycles. The van der Waals surface area contributed by atoms with Crippen molar-refractivity contribution in [2.75, 3.05) is 19.7 Å². The molecule has 26 heavy (non-hydrogen) atoms. The van der Waals surface area contributed by atoms with Gasteiger partial charge in [0.2, 0.25) is 11.8 Å². The summed E-state index contributed by atoms with van der Waals surface area (Å²) in [6.07, 6.45) is -1.96. The number of amides is 2. The summed E-state index contributed by atoms with van der Waals surface area (Å²) in [6.45, 7) is 3.79. The standard InChI is InChI=1S/C16H23F3N4O3/c1-4-12(8-21-11(3)26-10-16(17,18)19)13-6-7-15(25)23(22-13)9-14(24)20-5-2/h8H,4-7,9-10H2,1-3H3,(H,20,24)/b12-8+,21-11+. The van der Waals surface area contributed by atoms with Crippen molar-refractivity contribution in [3.8, 4) is 0 Å². The van der Waals surface area contributed by atoms with E-state index < -0.39 is 12.8 Å². The Bertz CT molecular complexity index is 612. The molecule has 1 heterocycles. The van der Waals surface area contributed by atoms with E-state index in [0.29, 0.717) is 30.7 Å². The van der Waals surface area contributed by atoms with Gasteiger partial charge in [-0.3, -0.25) is 9.59 Å². The van der Waals surface area contributed by atoms with Gasteiger partial charge in [0.15, 0.2) is 12.5 Å². The molecule has 1 rings (SSSR count). The maximum atomic E-state index is 12.1. The highest BCUT2D eigenvalue weighted by atomic mass is 19.4. The molecule has 1 N–H and O–H groups in total. The zero-order valence-electron chi connectivity index (χ0n) is 15.0. The monoisotopic (exact) mass is 376 g/mol. The van der Waals surface area contributed by atoms with Crippen LogP contribution in [0.1, 0.15) is 40.0 Å². The molecule has 0 saturated carbocycles. The van der Waals surface area contributed by atoms with Crippen LogP contribution in [0, 0.1) is 0 Å². The number of nitrogens with zero attached hydrogens (tertiary/aromatic N) is 3. The molecule has 0 aromatic carbocycles. The molecule has 0 saturated heterocycles. The average Bonchev–Trinajstić information content (AvgIpc) is 2.55. The number of alkyl halides is 3. The van der Waals surface area contributed by atoms with Crippen LogP contribution in [0.4, 0.5) is 13.2 Å². The first-order chi connectivity index (χ1) is 12.2. The summed E-state index contributed by atoms with van der Waals surface area (Å²) in [6, 6.07) is 0. The fraction of sp³-hybridized carbons (Fsp3) is 0.625. The second-order valence-corrected chi connectivity index (χ2v) is 5.51. The molecule has 0 aliphatic carbocycles. The van der Waals surface area contributed by atoms with Crippen LogP contribution in [0.3, 0.4) is 0 Å². The summed E-state index contributed by atoms with van der Waals surface area (Å²) in [5.41, 5.74) is 1.23. The van der Waals surface area contributed by atoms with Crippen molar-refractivity contribution >= 4 is 23.4 Å². The van der Waals surface area contributed by atoms with Crippen molar-refractivity contribution < 1.29 is 27.5 Å². The van der Waals surface area contributed by atoms with Crippen molar-refractivity contribution in [1.82, 2.24) is 10.3 Å². The third-order valence-electron chi connectivity index (χ3n) is 3.37. The Morgan fingerprint density at radius 3 is 2.65 bits per heavy atom. The number of ether oxygens (including phenoxy) is 1. The van der Waals surface area contributed by atoms with E-state index in [0.717, 1.165) is 5.01 Å². The Hall–Kier alpha value is -2.39. The van der Waals surface area contributed by atoms with Crippen molar-refractivity contribution in [2.45, 2.75) is 46.2 Å². The van der Waals surface area contributed by atoms with Gasteiger partial charge >= 0.3 is 6.18 Å². The number of aliphatic imine (C=N–C) groups is 1. The van der Waals surface area contributed by atoms with Gasteiger partial charge < -0.3 is 10.1 Å². The van der Waals surface area contributed by atoms with Gasteiger partial charge in [0.05, 0.1) is 5.71 Å². The smallest absolute Gasteiger partial charge is 0.422 e. The summed E-state index contributed by atoms with van der Waals surface area (Å²) < 4.78 is 40.9. The van der Waals surface area contributed by atoms with Crippen LogP contribution in [-0.2, 0) is 14.3 Å². The Labute approximate surface area is 150 Å². The van der Waals surface area contributed by atoms with E-state index in [9.17, 15) is 22.8 Å². The van der Waals surface area contributed by atoms with Gasteiger partial charge in [0.25, 0.3) is 0 Å².